The van der Waals surface area contributed by atoms with Crippen molar-refractivity contribution in [2.75, 3.05) is 31.6 Å². The number of fused-ring (bicyclic) bond motifs is 1. The molecular weight excluding hydrogens is 471 g/mol. The molecule has 0 saturated carbocycles. The molecule has 0 unspecified atom stereocenters. The van der Waals surface area contributed by atoms with E-state index in [1.807, 2.05) is 12.1 Å². The van der Waals surface area contributed by atoms with Crippen LogP contribution in [-0.4, -0.2) is 42.6 Å². The SMILES string of the molecule is CSCCN=C(NCCc1ccco1)NCCc1c[nH]c2ccccc12.I. The quantitative estimate of drug-likeness (QED) is 0.180. The monoisotopic (exact) mass is 498 g/mol. The second kappa shape index (κ2) is 12.0. The van der Waals surface area contributed by atoms with Gasteiger partial charge in [0.15, 0.2) is 5.96 Å². The maximum Gasteiger partial charge on any atom is 0.191 e. The highest BCUT2D eigenvalue weighted by Crippen LogP contribution is 2.17. The average Bonchev–Trinajstić information content (AvgIpc) is 3.32. The Kier molecular flexibility index (Phi) is 9.61. The number of H-pyrrole nitrogens is 1. The summed E-state index contributed by atoms with van der Waals surface area (Å²) in [5.41, 5.74) is 2.51. The number of aliphatic imine (C=N–C) groups is 1. The minimum Gasteiger partial charge on any atom is -0.469 e. The highest BCUT2D eigenvalue weighted by atomic mass is 127. The molecule has 0 spiro atoms. The normalized spacial score (nSPS) is 11.4. The predicted octanol–water partition coefficient (Wildman–Crippen LogP) is 4.06. The molecule has 2 heterocycles. The highest BCUT2D eigenvalue weighted by molar-refractivity contribution is 14.0. The molecule has 0 amide bonds. The fraction of sp³-hybridized carbons (Fsp3) is 0.350. The predicted molar refractivity (Wildman–Crippen MR) is 127 cm³/mol. The van der Waals surface area contributed by atoms with E-state index in [1.165, 1.54) is 16.5 Å². The van der Waals surface area contributed by atoms with Gasteiger partial charge in [0, 0.05) is 42.4 Å². The van der Waals surface area contributed by atoms with Crippen molar-refractivity contribution in [2.45, 2.75) is 12.8 Å². The first-order chi connectivity index (χ1) is 12.9. The van der Waals surface area contributed by atoms with Crippen LogP contribution >= 0.6 is 35.7 Å². The third kappa shape index (κ3) is 6.80. The minimum absolute atomic E-state index is 0. The number of halogens is 1. The lowest BCUT2D eigenvalue weighted by molar-refractivity contribution is 0.507. The van der Waals surface area contributed by atoms with Crippen molar-refractivity contribution in [3.05, 3.63) is 60.2 Å². The number of thioether (sulfide) groups is 1. The molecule has 0 aliphatic rings. The van der Waals surface area contributed by atoms with Crippen molar-refractivity contribution in [3.8, 4) is 0 Å². The Balaban J connectivity index is 0.00000261. The van der Waals surface area contributed by atoms with E-state index in [0.717, 1.165) is 49.9 Å². The molecule has 3 aromatic rings. The standard InChI is InChI=1S/C20H26N4OS.HI/c1-26-14-12-23-20(22-11-9-17-5-4-13-25-17)21-10-8-16-15-24-19-7-3-2-6-18(16)19;/h2-7,13,15,24H,8-12,14H2,1H3,(H2,21,22,23);1H. The maximum atomic E-state index is 5.38. The molecule has 27 heavy (non-hydrogen) atoms. The van der Waals surface area contributed by atoms with E-state index in [2.05, 4.69) is 57.3 Å². The van der Waals surface area contributed by atoms with Crippen LogP contribution in [0.4, 0.5) is 0 Å². The molecule has 0 fully saturated rings. The molecule has 7 heteroatoms. The molecule has 5 nitrogen and oxygen atoms in total. The van der Waals surface area contributed by atoms with Crippen molar-refractivity contribution in [2.24, 2.45) is 4.99 Å². The zero-order valence-corrected chi connectivity index (χ0v) is 18.7. The van der Waals surface area contributed by atoms with E-state index in [-0.39, 0.29) is 24.0 Å². The fourth-order valence-corrected chi connectivity index (χ4v) is 3.11. The Morgan fingerprint density at radius 2 is 1.93 bits per heavy atom. The van der Waals surface area contributed by atoms with Crippen LogP contribution in [0, 0.1) is 0 Å². The summed E-state index contributed by atoms with van der Waals surface area (Å²) in [7, 11) is 0. The smallest absolute Gasteiger partial charge is 0.191 e. The van der Waals surface area contributed by atoms with Gasteiger partial charge in [0.05, 0.1) is 12.8 Å². The molecule has 0 atom stereocenters. The van der Waals surface area contributed by atoms with E-state index in [1.54, 1.807) is 18.0 Å². The topological polar surface area (TPSA) is 65.3 Å². The number of guanidine groups is 1. The Bertz CT molecular complexity index is 816. The van der Waals surface area contributed by atoms with Gasteiger partial charge in [-0.05, 0) is 36.4 Å². The molecule has 0 aliphatic heterocycles. The van der Waals surface area contributed by atoms with E-state index >= 15 is 0 Å². The number of nitrogens with zero attached hydrogens (tertiary/aromatic N) is 1. The molecular formula is C20H27IN4OS. The average molecular weight is 498 g/mol. The second-order valence-electron chi connectivity index (χ2n) is 6.02. The summed E-state index contributed by atoms with van der Waals surface area (Å²) in [6, 6.07) is 12.3. The van der Waals surface area contributed by atoms with Gasteiger partial charge in [-0.3, -0.25) is 4.99 Å². The van der Waals surface area contributed by atoms with Crippen LogP contribution in [0.15, 0.2) is 58.3 Å². The summed E-state index contributed by atoms with van der Waals surface area (Å²) in [5, 5.41) is 8.14. The van der Waals surface area contributed by atoms with E-state index in [4.69, 9.17) is 4.42 Å². The summed E-state index contributed by atoms with van der Waals surface area (Å²) in [4.78, 5) is 7.98. The zero-order chi connectivity index (χ0) is 18.0. The van der Waals surface area contributed by atoms with Crippen molar-refractivity contribution in [1.29, 1.82) is 0 Å². The van der Waals surface area contributed by atoms with Crippen LogP contribution in [0.3, 0.4) is 0 Å². The van der Waals surface area contributed by atoms with Gasteiger partial charge in [0.2, 0.25) is 0 Å². The van der Waals surface area contributed by atoms with Gasteiger partial charge in [-0.2, -0.15) is 11.8 Å². The molecule has 0 bridgehead atoms. The molecule has 146 valence electrons. The lowest BCUT2D eigenvalue weighted by Crippen LogP contribution is -2.39. The van der Waals surface area contributed by atoms with Crippen molar-refractivity contribution in [3.63, 3.8) is 0 Å². The number of aromatic nitrogens is 1. The third-order valence-corrected chi connectivity index (χ3v) is 4.76. The molecule has 0 aliphatic carbocycles. The Morgan fingerprint density at radius 1 is 1.11 bits per heavy atom. The van der Waals surface area contributed by atoms with Crippen LogP contribution in [0.5, 0.6) is 0 Å². The Labute approximate surface area is 181 Å². The van der Waals surface area contributed by atoms with Crippen LogP contribution < -0.4 is 10.6 Å². The molecule has 1 aromatic carbocycles. The lowest BCUT2D eigenvalue weighted by atomic mass is 10.1. The van der Waals surface area contributed by atoms with E-state index in [9.17, 15) is 0 Å². The van der Waals surface area contributed by atoms with Gasteiger partial charge in [-0.15, -0.1) is 24.0 Å². The number of para-hydroxylation sites is 1. The molecule has 0 saturated heterocycles. The molecule has 2 aromatic heterocycles. The molecule has 0 radical (unpaired) electrons. The summed E-state index contributed by atoms with van der Waals surface area (Å²) in [6.45, 7) is 2.45. The van der Waals surface area contributed by atoms with Crippen LogP contribution in [-0.2, 0) is 12.8 Å². The largest absolute Gasteiger partial charge is 0.469 e. The van der Waals surface area contributed by atoms with Gasteiger partial charge < -0.3 is 20.0 Å². The zero-order valence-electron chi connectivity index (χ0n) is 15.5. The lowest BCUT2D eigenvalue weighted by Gasteiger charge is -2.12. The van der Waals surface area contributed by atoms with Gasteiger partial charge >= 0.3 is 0 Å². The molecule has 3 N–H and O–H groups in total. The summed E-state index contributed by atoms with van der Waals surface area (Å²) in [6.07, 6.45) is 7.71. The van der Waals surface area contributed by atoms with Gasteiger partial charge in [-0.25, -0.2) is 0 Å². The van der Waals surface area contributed by atoms with Crippen molar-refractivity contribution < 1.29 is 4.42 Å². The number of rotatable bonds is 9. The minimum atomic E-state index is 0. The van der Waals surface area contributed by atoms with Crippen molar-refractivity contribution >= 4 is 52.6 Å². The van der Waals surface area contributed by atoms with Crippen molar-refractivity contribution in [1.82, 2.24) is 15.6 Å². The number of aromatic amines is 1. The molecule has 3 rings (SSSR count). The third-order valence-electron chi connectivity index (χ3n) is 4.17. The van der Waals surface area contributed by atoms with Gasteiger partial charge in [0.1, 0.15) is 5.76 Å². The fourth-order valence-electron chi connectivity index (χ4n) is 2.84. The highest BCUT2D eigenvalue weighted by Gasteiger charge is 2.04. The van der Waals surface area contributed by atoms with Crippen LogP contribution in [0.2, 0.25) is 0 Å². The number of hydrogen-bond donors (Lipinski definition) is 3. The maximum absolute atomic E-state index is 5.38. The van der Waals surface area contributed by atoms with E-state index in [0.29, 0.717) is 0 Å². The number of furan rings is 1. The first-order valence-corrected chi connectivity index (χ1v) is 10.3. The van der Waals surface area contributed by atoms with E-state index < -0.39 is 0 Å². The number of benzene rings is 1. The first-order valence-electron chi connectivity index (χ1n) is 8.95. The number of nitrogens with one attached hydrogen (secondary N) is 3. The summed E-state index contributed by atoms with van der Waals surface area (Å²) < 4.78 is 5.38. The summed E-state index contributed by atoms with van der Waals surface area (Å²) in [5.74, 6) is 2.87. The van der Waals surface area contributed by atoms with Crippen LogP contribution in [0.25, 0.3) is 10.9 Å². The Morgan fingerprint density at radius 3 is 2.70 bits per heavy atom. The second-order valence-corrected chi connectivity index (χ2v) is 7.00. The van der Waals surface area contributed by atoms with Crippen LogP contribution in [0.1, 0.15) is 11.3 Å². The summed E-state index contributed by atoms with van der Waals surface area (Å²) >= 11 is 1.81. The first kappa shape index (κ1) is 21.7. The van der Waals surface area contributed by atoms with Gasteiger partial charge in [-0.1, -0.05) is 18.2 Å². The van der Waals surface area contributed by atoms with Gasteiger partial charge in [0.25, 0.3) is 0 Å². The number of hydrogen-bond acceptors (Lipinski definition) is 3. The Hall–Kier alpha value is -1.61.